The Balaban J connectivity index is 1.81. The average molecular weight is 474 g/mol. The Morgan fingerprint density at radius 1 is 0.594 bits per heavy atom. The molecular weight excluding hydrogens is 444 g/mol. The van der Waals surface area contributed by atoms with Crippen molar-refractivity contribution in [2.24, 2.45) is 0 Å². The summed E-state index contributed by atoms with van der Waals surface area (Å²) in [5, 5.41) is 99.3. The predicted molar refractivity (Wildman–Crippen MR) is 95.2 cm³/mol. The number of rotatable bonds is 6. The molecule has 0 radical (unpaired) electrons. The molecule has 0 amide bonds. The van der Waals surface area contributed by atoms with E-state index in [1.807, 2.05) is 0 Å². The third-order valence-electron chi connectivity index (χ3n) is 5.70. The van der Waals surface area contributed by atoms with Crippen molar-refractivity contribution in [2.75, 3.05) is 19.8 Å². The van der Waals surface area contributed by atoms with E-state index in [2.05, 4.69) is 0 Å². The molecule has 3 aliphatic rings. The minimum atomic E-state index is -1.85. The van der Waals surface area contributed by atoms with Crippen molar-refractivity contribution >= 4 is 0 Å². The summed E-state index contributed by atoms with van der Waals surface area (Å²) >= 11 is 0. The van der Waals surface area contributed by atoms with Crippen molar-refractivity contribution in [3.8, 4) is 0 Å². The lowest BCUT2D eigenvalue weighted by molar-refractivity contribution is -0.383. The summed E-state index contributed by atoms with van der Waals surface area (Å²) in [7, 11) is 0. The Hall–Kier alpha value is -0.600. The van der Waals surface area contributed by atoms with Crippen LogP contribution >= 0.6 is 0 Å². The van der Waals surface area contributed by atoms with Crippen LogP contribution in [0.5, 0.6) is 0 Å². The summed E-state index contributed by atoms with van der Waals surface area (Å²) in [6.45, 7) is -1.92. The zero-order chi connectivity index (χ0) is 23.7. The van der Waals surface area contributed by atoms with Gasteiger partial charge >= 0.3 is 0 Å². The van der Waals surface area contributed by atoms with E-state index in [0.29, 0.717) is 0 Å². The summed E-state index contributed by atoms with van der Waals surface area (Å²) in [6.07, 6.45) is -23.1. The van der Waals surface area contributed by atoms with Crippen LogP contribution in [0, 0.1) is 0 Å². The fraction of sp³-hybridized carbons (Fsp3) is 1.00. The van der Waals surface area contributed by atoms with Gasteiger partial charge in [0.15, 0.2) is 18.9 Å². The van der Waals surface area contributed by atoms with E-state index in [1.54, 1.807) is 0 Å². The van der Waals surface area contributed by atoms with Crippen LogP contribution in [0.25, 0.3) is 0 Å². The summed E-state index contributed by atoms with van der Waals surface area (Å²) in [4.78, 5) is 0. The molecule has 3 rings (SSSR count). The van der Waals surface area contributed by atoms with E-state index < -0.39 is 106 Å². The van der Waals surface area contributed by atoms with E-state index in [0.717, 1.165) is 0 Å². The summed E-state index contributed by atoms with van der Waals surface area (Å²) in [6, 6.07) is 0. The number of hydrogen-bond acceptors (Lipinski definition) is 15. The van der Waals surface area contributed by atoms with Gasteiger partial charge in [-0.25, -0.2) is 0 Å². The fourth-order valence-corrected chi connectivity index (χ4v) is 3.75. The lowest BCUT2D eigenvalue weighted by Gasteiger charge is -2.47. The number of ether oxygens (including phenoxy) is 5. The maximum atomic E-state index is 10.5. The zero-order valence-electron chi connectivity index (χ0n) is 16.7. The predicted octanol–water partition coefficient (Wildman–Crippen LogP) is -6.93. The molecule has 0 aromatic heterocycles. The van der Waals surface area contributed by atoms with Gasteiger partial charge in [0.05, 0.1) is 19.8 Å². The molecule has 0 unspecified atom stereocenters. The van der Waals surface area contributed by atoms with Gasteiger partial charge in [-0.15, -0.1) is 0 Å². The monoisotopic (exact) mass is 474 g/mol. The third-order valence-corrected chi connectivity index (χ3v) is 5.70. The van der Waals surface area contributed by atoms with Crippen LogP contribution in [-0.4, -0.2) is 157 Å². The molecule has 3 saturated heterocycles. The van der Waals surface area contributed by atoms with Crippen molar-refractivity contribution in [1.82, 2.24) is 0 Å². The third kappa shape index (κ3) is 5.07. The second-order valence-corrected chi connectivity index (χ2v) is 7.89. The minimum Gasteiger partial charge on any atom is -0.394 e. The average Bonchev–Trinajstić information content (AvgIpc) is 2.78. The van der Waals surface area contributed by atoms with E-state index in [4.69, 9.17) is 23.7 Å². The molecule has 3 fully saturated rings. The molecule has 0 aromatic rings. The Kier molecular flexibility index (Phi) is 8.75. The molecule has 14 atom stereocenters. The van der Waals surface area contributed by atoms with E-state index in [1.165, 1.54) is 0 Å². The second kappa shape index (κ2) is 10.8. The normalized spacial score (nSPS) is 52.7. The largest absolute Gasteiger partial charge is 0.394 e. The van der Waals surface area contributed by atoms with Gasteiger partial charge in [0.2, 0.25) is 0 Å². The Morgan fingerprint density at radius 3 is 1.72 bits per heavy atom. The van der Waals surface area contributed by atoms with Crippen molar-refractivity contribution in [3.05, 3.63) is 0 Å². The first kappa shape index (κ1) is 26.0. The van der Waals surface area contributed by atoms with Crippen molar-refractivity contribution < 1.29 is 74.7 Å². The van der Waals surface area contributed by atoms with Crippen molar-refractivity contribution in [2.45, 2.75) is 86.0 Å². The Morgan fingerprint density at radius 2 is 1.12 bits per heavy atom. The van der Waals surface area contributed by atoms with Gasteiger partial charge in [-0.2, -0.15) is 0 Å². The lowest BCUT2D eigenvalue weighted by atomic mass is 9.97. The number of aliphatic hydroxyl groups excluding tert-OH is 10. The smallest absolute Gasteiger partial charge is 0.187 e. The van der Waals surface area contributed by atoms with Crippen molar-refractivity contribution in [3.63, 3.8) is 0 Å². The maximum absolute atomic E-state index is 10.5. The van der Waals surface area contributed by atoms with Crippen LogP contribution in [0.1, 0.15) is 0 Å². The van der Waals surface area contributed by atoms with Gasteiger partial charge in [-0.1, -0.05) is 0 Å². The highest BCUT2D eigenvalue weighted by Crippen LogP contribution is 2.31. The summed E-state index contributed by atoms with van der Waals surface area (Å²) < 4.78 is 26.3. The van der Waals surface area contributed by atoms with Crippen LogP contribution in [0.15, 0.2) is 0 Å². The highest BCUT2D eigenvalue weighted by atomic mass is 16.8. The first-order chi connectivity index (χ1) is 15.1. The highest BCUT2D eigenvalue weighted by Gasteiger charge is 2.52. The molecule has 0 aromatic carbocycles. The minimum absolute atomic E-state index is 0.414. The molecule has 3 aliphatic heterocycles. The topological polar surface area (TPSA) is 248 Å². The molecular formula is C17H30O15. The molecule has 0 spiro atoms. The van der Waals surface area contributed by atoms with Gasteiger partial charge in [0, 0.05) is 0 Å². The number of hydrogen-bond donors (Lipinski definition) is 10. The molecule has 188 valence electrons. The van der Waals surface area contributed by atoms with Crippen LogP contribution in [0.4, 0.5) is 0 Å². The van der Waals surface area contributed by atoms with E-state index in [9.17, 15) is 51.1 Å². The number of aliphatic hydroxyl groups is 10. The summed E-state index contributed by atoms with van der Waals surface area (Å²) in [5.74, 6) is 0. The van der Waals surface area contributed by atoms with E-state index in [-0.39, 0.29) is 0 Å². The van der Waals surface area contributed by atoms with Crippen LogP contribution < -0.4 is 0 Å². The van der Waals surface area contributed by atoms with E-state index >= 15 is 0 Å². The first-order valence-corrected chi connectivity index (χ1v) is 10.00. The molecule has 0 saturated carbocycles. The SMILES string of the molecule is OC[C@H]1O[C@@H](O[C@H]2[C@H](O[C@@H]3[C@@H](O)[C@H](O)OC[C@@H]3O)O[C@H](CO)[C@@H](O)[C@@H]2O)[C@H](O)[C@@H](O)[C@@H]1O. The molecule has 0 aliphatic carbocycles. The first-order valence-electron chi connectivity index (χ1n) is 10.00. The second-order valence-electron chi connectivity index (χ2n) is 7.89. The Labute approximate surface area is 181 Å². The van der Waals surface area contributed by atoms with Gasteiger partial charge in [0.1, 0.15) is 67.1 Å². The van der Waals surface area contributed by atoms with Gasteiger partial charge in [0.25, 0.3) is 0 Å². The van der Waals surface area contributed by atoms with Crippen LogP contribution in [0.3, 0.4) is 0 Å². The quantitative estimate of drug-likeness (QED) is 0.172. The molecule has 15 nitrogen and oxygen atoms in total. The fourth-order valence-electron chi connectivity index (χ4n) is 3.75. The van der Waals surface area contributed by atoms with Gasteiger partial charge < -0.3 is 74.7 Å². The molecule has 15 heteroatoms. The zero-order valence-corrected chi connectivity index (χ0v) is 16.7. The van der Waals surface area contributed by atoms with Gasteiger partial charge in [-0.3, -0.25) is 0 Å². The summed E-state index contributed by atoms with van der Waals surface area (Å²) in [5.41, 5.74) is 0. The molecule has 3 heterocycles. The standard InChI is InChI=1S/C17H30O15/c18-1-5-7(21)9(23)11(25)16(29-5)32-14-10(24)8(22)6(2-19)30-17(14)31-13-4(20)3-28-15(27)12(13)26/h4-27H,1-3H2/t4-,5+,6+,7+,8+,9-,10-,11+,12+,13-,14+,15+,16-,17-/m0/s1. The Bertz CT molecular complexity index is 594. The molecule has 10 N–H and O–H groups in total. The van der Waals surface area contributed by atoms with Gasteiger partial charge in [-0.05, 0) is 0 Å². The molecule has 0 bridgehead atoms. The van der Waals surface area contributed by atoms with Crippen LogP contribution in [-0.2, 0) is 23.7 Å². The highest BCUT2D eigenvalue weighted by molar-refractivity contribution is 4.95. The van der Waals surface area contributed by atoms with Crippen LogP contribution in [0.2, 0.25) is 0 Å². The van der Waals surface area contributed by atoms with Crippen molar-refractivity contribution in [1.29, 1.82) is 0 Å². The lowest BCUT2D eigenvalue weighted by Crippen LogP contribution is -2.66. The molecule has 32 heavy (non-hydrogen) atoms. The maximum Gasteiger partial charge on any atom is 0.187 e.